The molecule has 2 aromatic rings. The van der Waals surface area contributed by atoms with E-state index >= 15 is 0 Å². The summed E-state index contributed by atoms with van der Waals surface area (Å²) < 4.78 is 18.5. The Morgan fingerprint density at radius 2 is 1.93 bits per heavy atom. The topological polar surface area (TPSA) is 98.5 Å². The molecule has 2 aromatic carbocycles. The van der Waals surface area contributed by atoms with Crippen LogP contribution >= 0.6 is 11.8 Å². The summed E-state index contributed by atoms with van der Waals surface area (Å²) in [6.07, 6.45) is -1.06. The Labute approximate surface area is 159 Å². The molecule has 0 aliphatic rings. The van der Waals surface area contributed by atoms with Gasteiger partial charge in [0.05, 0.1) is 10.7 Å². The summed E-state index contributed by atoms with van der Waals surface area (Å²) in [5, 5.41) is 13.1. The van der Waals surface area contributed by atoms with Crippen molar-refractivity contribution in [1.82, 2.24) is 0 Å². The van der Waals surface area contributed by atoms with Crippen molar-refractivity contribution in [3.8, 4) is 0 Å². The molecule has 1 amide bonds. The minimum absolute atomic E-state index is 0.0419. The molecule has 0 saturated heterocycles. The molecule has 1 N–H and O–H groups in total. The maximum atomic E-state index is 13.5. The first-order chi connectivity index (χ1) is 12.8. The number of halogens is 1. The summed E-state index contributed by atoms with van der Waals surface area (Å²) >= 11 is 1.13. The first kappa shape index (κ1) is 20.4. The maximum absolute atomic E-state index is 13.5. The number of hydrogen-bond donors (Lipinski definition) is 1. The van der Waals surface area contributed by atoms with Gasteiger partial charge in [-0.25, -0.2) is 4.39 Å². The van der Waals surface area contributed by atoms with Crippen LogP contribution in [-0.2, 0) is 14.3 Å². The second kappa shape index (κ2) is 9.13. The number of nitrogens with one attached hydrogen (secondary N) is 1. The zero-order chi connectivity index (χ0) is 20.0. The molecule has 0 spiro atoms. The van der Waals surface area contributed by atoms with Crippen molar-refractivity contribution in [1.29, 1.82) is 0 Å². The van der Waals surface area contributed by atoms with Crippen LogP contribution in [0.4, 0.5) is 15.8 Å². The summed E-state index contributed by atoms with van der Waals surface area (Å²) in [5.74, 6) is -1.70. The number of nitro benzene ring substituents is 1. The molecule has 0 unspecified atom stereocenters. The average Bonchev–Trinajstić information content (AvgIpc) is 2.63. The van der Waals surface area contributed by atoms with Crippen LogP contribution < -0.4 is 5.32 Å². The third-order valence-electron chi connectivity index (χ3n) is 3.52. The van der Waals surface area contributed by atoms with Crippen LogP contribution in [0.25, 0.3) is 0 Å². The number of non-ortho nitro benzene ring substituents is 1. The zero-order valence-corrected chi connectivity index (χ0v) is 15.4. The Morgan fingerprint density at radius 1 is 1.26 bits per heavy atom. The molecule has 27 heavy (non-hydrogen) atoms. The van der Waals surface area contributed by atoms with Gasteiger partial charge in [-0.3, -0.25) is 19.7 Å². The predicted molar refractivity (Wildman–Crippen MR) is 99.1 cm³/mol. The number of benzene rings is 2. The molecule has 142 valence electrons. The fourth-order valence-corrected chi connectivity index (χ4v) is 2.69. The summed E-state index contributed by atoms with van der Waals surface area (Å²) in [5.41, 5.74) is 0.682. The average molecular weight is 392 g/mol. The highest BCUT2D eigenvalue weighted by molar-refractivity contribution is 8.00. The van der Waals surface area contributed by atoms with Gasteiger partial charge in [0.2, 0.25) is 0 Å². The predicted octanol–water partition coefficient (Wildman–Crippen LogP) is 3.70. The van der Waals surface area contributed by atoms with E-state index in [1.165, 1.54) is 43.3 Å². The monoisotopic (exact) mass is 392 g/mol. The largest absolute Gasteiger partial charge is 0.452 e. The van der Waals surface area contributed by atoms with E-state index in [0.717, 1.165) is 11.8 Å². The molecule has 0 saturated carbocycles. The summed E-state index contributed by atoms with van der Waals surface area (Å²) in [6.45, 7) is 3.02. The molecule has 0 aliphatic heterocycles. The number of anilines is 1. The number of hydrogen-bond acceptors (Lipinski definition) is 6. The molecule has 0 aromatic heterocycles. The van der Waals surface area contributed by atoms with Gasteiger partial charge >= 0.3 is 5.97 Å². The molecule has 9 heteroatoms. The van der Waals surface area contributed by atoms with Crippen LogP contribution in [0.5, 0.6) is 0 Å². The molecule has 0 bridgehead atoms. The standard InChI is InChI=1S/C18H17FN2O5S/c1-11-3-4-13(9-16(11)19)20-18(23)12(2)26-17(22)10-27-15-7-5-14(6-8-15)21(24)25/h3-9,12H,10H2,1-2H3,(H,20,23)/t12-/m0/s1. The van der Waals surface area contributed by atoms with Crippen molar-refractivity contribution < 1.29 is 23.6 Å². The quantitative estimate of drug-likeness (QED) is 0.334. The van der Waals surface area contributed by atoms with E-state index in [1.54, 1.807) is 13.0 Å². The number of carbonyl (C=O) groups is 2. The molecule has 0 aliphatic carbocycles. The Hall–Kier alpha value is -2.94. The van der Waals surface area contributed by atoms with E-state index < -0.39 is 28.7 Å². The summed E-state index contributed by atoms with van der Waals surface area (Å²) in [7, 11) is 0. The maximum Gasteiger partial charge on any atom is 0.317 e. The SMILES string of the molecule is Cc1ccc(NC(=O)[C@H](C)OC(=O)CSc2ccc([N+](=O)[O-])cc2)cc1F. The zero-order valence-electron chi connectivity index (χ0n) is 14.6. The lowest BCUT2D eigenvalue weighted by Gasteiger charge is -2.13. The van der Waals surface area contributed by atoms with Gasteiger partial charge in [-0.05, 0) is 43.7 Å². The summed E-state index contributed by atoms with van der Waals surface area (Å²) in [6, 6.07) is 10.00. The van der Waals surface area contributed by atoms with Crippen molar-refractivity contribution in [2.24, 2.45) is 0 Å². The van der Waals surface area contributed by atoms with Gasteiger partial charge in [0.1, 0.15) is 5.82 Å². The number of carbonyl (C=O) groups excluding carboxylic acids is 2. The summed E-state index contributed by atoms with van der Waals surface area (Å²) in [4.78, 5) is 34.6. The normalized spacial score (nSPS) is 11.5. The number of amides is 1. The fourth-order valence-electron chi connectivity index (χ4n) is 2.01. The van der Waals surface area contributed by atoms with E-state index in [4.69, 9.17) is 4.74 Å². The number of thioether (sulfide) groups is 1. The smallest absolute Gasteiger partial charge is 0.317 e. The Morgan fingerprint density at radius 3 is 2.52 bits per heavy atom. The first-order valence-electron chi connectivity index (χ1n) is 7.90. The third-order valence-corrected chi connectivity index (χ3v) is 4.51. The highest BCUT2D eigenvalue weighted by atomic mass is 32.2. The van der Waals surface area contributed by atoms with Gasteiger partial charge in [0.15, 0.2) is 6.10 Å². The highest BCUT2D eigenvalue weighted by Crippen LogP contribution is 2.21. The fraction of sp³-hybridized carbons (Fsp3) is 0.222. The third kappa shape index (κ3) is 6.07. The van der Waals surface area contributed by atoms with E-state index in [2.05, 4.69) is 5.32 Å². The van der Waals surface area contributed by atoms with Crippen molar-refractivity contribution in [3.05, 3.63) is 64.0 Å². The first-order valence-corrected chi connectivity index (χ1v) is 8.88. The van der Waals surface area contributed by atoms with E-state index in [0.29, 0.717) is 10.5 Å². The second-order valence-electron chi connectivity index (χ2n) is 5.62. The Kier molecular flexibility index (Phi) is 6.89. The minimum Gasteiger partial charge on any atom is -0.452 e. The highest BCUT2D eigenvalue weighted by Gasteiger charge is 2.18. The Bertz CT molecular complexity index is 857. The van der Waals surface area contributed by atoms with E-state index in [-0.39, 0.29) is 17.1 Å². The Balaban J connectivity index is 1.82. The van der Waals surface area contributed by atoms with Crippen molar-refractivity contribution >= 4 is 35.0 Å². The molecule has 1 atom stereocenters. The number of aryl methyl sites for hydroxylation is 1. The lowest BCUT2D eigenvalue weighted by molar-refractivity contribution is -0.384. The van der Waals surface area contributed by atoms with Gasteiger partial charge in [0, 0.05) is 22.7 Å². The van der Waals surface area contributed by atoms with Gasteiger partial charge in [-0.15, -0.1) is 11.8 Å². The minimum atomic E-state index is -1.06. The van der Waals surface area contributed by atoms with Gasteiger partial charge in [0.25, 0.3) is 11.6 Å². The molecular formula is C18H17FN2O5S. The molecule has 0 fully saturated rings. The van der Waals surface area contributed by atoms with Gasteiger partial charge in [-0.1, -0.05) is 6.07 Å². The number of rotatable bonds is 7. The van der Waals surface area contributed by atoms with Crippen molar-refractivity contribution in [3.63, 3.8) is 0 Å². The number of ether oxygens (including phenoxy) is 1. The number of nitro groups is 1. The lowest BCUT2D eigenvalue weighted by atomic mass is 10.2. The van der Waals surface area contributed by atoms with Crippen LogP contribution in [-0.4, -0.2) is 28.7 Å². The van der Waals surface area contributed by atoms with Gasteiger partial charge < -0.3 is 10.1 Å². The molecular weight excluding hydrogens is 375 g/mol. The molecule has 0 heterocycles. The molecule has 0 radical (unpaired) electrons. The lowest BCUT2D eigenvalue weighted by Crippen LogP contribution is -2.30. The van der Waals surface area contributed by atoms with E-state index in [9.17, 15) is 24.1 Å². The van der Waals surface area contributed by atoms with Gasteiger partial charge in [-0.2, -0.15) is 0 Å². The number of nitrogens with zero attached hydrogens (tertiary/aromatic N) is 1. The van der Waals surface area contributed by atoms with Crippen LogP contribution in [0.3, 0.4) is 0 Å². The van der Waals surface area contributed by atoms with Crippen LogP contribution in [0.2, 0.25) is 0 Å². The molecule has 7 nitrogen and oxygen atoms in total. The second-order valence-corrected chi connectivity index (χ2v) is 6.67. The van der Waals surface area contributed by atoms with Crippen molar-refractivity contribution in [2.75, 3.05) is 11.1 Å². The van der Waals surface area contributed by atoms with Crippen molar-refractivity contribution in [2.45, 2.75) is 24.8 Å². The van der Waals surface area contributed by atoms with Crippen LogP contribution in [0.1, 0.15) is 12.5 Å². The van der Waals surface area contributed by atoms with Crippen LogP contribution in [0.15, 0.2) is 47.4 Å². The van der Waals surface area contributed by atoms with Crippen LogP contribution in [0, 0.1) is 22.9 Å². The number of esters is 1. The van der Waals surface area contributed by atoms with E-state index in [1.807, 2.05) is 0 Å². The molecule has 2 rings (SSSR count).